The van der Waals surface area contributed by atoms with E-state index in [-0.39, 0.29) is 11.1 Å². The smallest absolute Gasteiger partial charge is 0.131 e. The summed E-state index contributed by atoms with van der Waals surface area (Å²) < 4.78 is 30.0. The molecular formula is C16H16Br2F2N2. The van der Waals surface area contributed by atoms with Gasteiger partial charge < -0.3 is 11.5 Å². The van der Waals surface area contributed by atoms with Crippen molar-refractivity contribution in [3.8, 4) is 0 Å². The van der Waals surface area contributed by atoms with Gasteiger partial charge in [0.2, 0.25) is 0 Å². The van der Waals surface area contributed by atoms with Gasteiger partial charge in [-0.2, -0.15) is 0 Å². The van der Waals surface area contributed by atoms with Crippen molar-refractivity contribution >= 4 is 31.9 Å². The summed E-state index contributed by atoms with van der Waals surface area (Å²) >= 11 is 6.63. The van der Waals surface area contributed by atoms with Crippen molar-refractivity contribution in [1.29, 1.82) is 0 Å². The van der Waals surface area contributed by atoms with Gasteiger partial charge in [0.15, 0.2) is 0 Å². The fourth-order valence-corrected chi connectivity index (χ4v) is 3.55. The van der Waals surface area contributed by atoms with E-state index in [4.69, 9.17) is 11.5 Å². The highest BCUT2D eigenvalue weighted by Crippen LogP contribution is 2.33. The number of halogens is 4. The van der Waals surface area contributed by atoms with Crippen LogP contribution in [-0.4, -0.2) is 0 Å². The van der Waals surface area contributed by atoms with Crippen LogP contribution in [0.5, 0.6) is 0 Å². The number of benzene rings is 2. The Labute approximate surface area is 145 Å². The molecular weight excluding hydrogens is 418 g/mol. The Morgan fingerprint density at radius 1 is 0.773 bits per heavy atom. The number of nitrogens with two attached hydrogens (primary N) is 2. The standard InChI is InChI=1S/C16H16Br2F2N2/c1-7-3-9(17)5-11(13(7)19)15(21)16(22)12-6-10(18)4-8(2)14(12)20/h3-6,15-16H,21-22H2,1-2H3. The fourth-order valence-electron chi connectivity index (χ4n) is 2.37. The van der Waals surface area contributed by atoms with Crippen LogP contribution in [0.15, 0.2) is 33.2 Å². The van der Waals surface area contributed by atoms with E-state index in [9.17, 15) is 8.78 Å². The highest BCUT2D eigenvalue weighted by molar-refractivity contribution is 9.10. The van der Waals surface area contributed by atoms with Crippen molar-refractivity contribution in [3.05, 3.63) is 67.1 Å². The molecule has 2 aromatic rings. The SMILES string of the molecule is Cc1cc(Br)cc(C(N)C(N)c2cc(Br)cc(C)c2F)c1F. The first kappa shape index (κ1) is 17.5. The van der Waals surface area contributed by atoms with E-state index >= 15 is 0 Å². The van der Waals surface area contributed by atoms with Crippen LogP contribution < -0.4 is 11.5 Å². The van der Waals surface area contributed by atoms with Crippen molar-refractivity contribution in [3.63, 3.8) is 0 Å². The lowest BCUT2D eigenvalue weighted by Crippen LogP contribution is -2.28. The van der Waals surface area contributed by atoms with Crippen LogP contribution in [0.3, 0.4) is 0 Å². The molecule has 0 radical (unpaired) electrons. The van der Waals surface area contributed by atoms with Gasteiger partial charge in [-0.1, -0.05) is 31.9 Å². The summed E-state index contributed by atoms with van der Waals surface area (Å²) in [4.78, 5) is 0. The van der Waals surface area contributed by atoms with E-state index in [1.54, 1.807) is 38.1 Å². The Balaban J connectivity index is 2.48. The monoisotopic (exact) mass is 432 g/mol. The highest BCUT2D eigenvalue weighted by Gasteiger charge is 2.25. The molecule has 6 heteroatoms. The molecule has 2 atom stereocenters. The van der Waals surface area contributed by atoms with Gasteiger partial charge in [0, 0.05) is 20.1 Å². The molecule has 2 unspecified atom stereocenters. The van der Waals surface area contributed by atoms with Gasteiger partial charge >= 0.3 is 0 Å². The molecule has 0 bridgehead atoms. The molecule has 0 fully saturated rings. The molecule has 2 rings (SSSR count). The summed E-state index contributed by atoms with van der Waals surface area (Å²) in [5, 5.41) is 0. The second-order valence-corrected chi connectivity index (χ2v) is 7.13. The zero-order valence-electron chi connectivity index (χ0n) is 12.1. The number of aryl methyl sites for hydroxylation is 2. The molecule has 2 aromatic carbocycles. The van der Waals surface area contributed by atoms with E-state index in [0.29, 0.717) is 20.1 Å². The normalized spacial score (nSPS) is 14.0. The Kier molecular flexibility index (Phi) is 5.37. The Morgan fingerprint density at radius 3 is 1.41 bits per heavy atom. The van der Waals surface area contributed by atoms with Gasteiger partial charge in [-0.25, -0.2) is 8.78 Å². The molecule has 0 amide bonds. The van der Waals surface area contributed by atoms with Crippen LogP contribution in [0.1, 0.15) is 34.3 Å². The largest absolute Gasteiger partial charge is 0.322 e. The second kappa shape index (κ2) is 6.74. The van der Waals surface area contributed by atoms with Crippen molar-refractivity contribution < 1.29 is 8.78 Å². The maximum Gasteiger partial charge on any atom is 0.131 e. The van der Waals surface area contributed by atoms with Gasteiger partial charge in [0.25, 0.3) is 0 Å². The Bertz CT molecular complexity index is 658. The third-order valence-corrected chi connectivity index (χ3v) is 4.52. The average Bonchev–Trinajstić information content (AvgIpc) is 2.45. The second-order valence-electron chi connectivity index (χ2n) is 5.30. The van der Waals surface area contributed by atoms with Gasteiger partial charge in [-0.3, -0.25) is 0 Å². The van der Waals surface area contributed by atoms with Gasteiger partial charge in [-0.05, 0) is 49.2 Å². The summed E-state index contributed by atoms with van der Waals surface area (Å²) in [5.41, 5.74) is 13.7. The number of rotatable bonds is 3. The van der Waals surface area contributed by atoms with E-state index in [1.807, 2.05) is 0 Å². The first-order valence-electron chi connectivity index (χ1n) is 6.64. The minimum atomic E-state index is -0.862. The predicted molar refractivity (Wildman–Crippen MR) is 91.5 cm³/mol. The molecule has 0 heterocycles. The zero-order valence-corrected chi connectivity index (χ0v) is 15.3. The number of hydrogen-bond donors (Lipinski definition) is 2. The van der Waals surface area contributed by atoms with Crippen LogP contribution in [0.2, 0.25) is 0 Å². The van der Waals surface area contributed by atoms with E-state index in [1.165, 1.54) is 0 Å². The minimum Gasteiger partial charge on any atom is -0.322 e. The predicted octanol–water partition coefficient (Wildman–Crippen LogP) is 4.81. The van der Waals surface area contributed by atoms with Crippen molar-refractivity contribution in [1.82, 2.24) is 0 Å². The fraction of sp³-hybridized carbons (Fsp3) is 0.250. The lowest BCUT2D eigenvalue weighted by molar-refractivity contribution is 0.498. The van der Waals surface area contributed by atoms with Crippen molar-refractivity contribution in [2.45, 2.75) is 25.9 Å². The quantitative estimate of drug-likeness (QED) is 0.729. The van der Waals surface area contributed by atoms with Crippen LogP contribution in [0.4, 0.5) is 8.78 Å². The number of hydrogen-bond acceptors (Lipinski definition) is 2. The molecule has 0 aliphatic rings. The summed E-state index contributed by atoms with van der Waals surface area (Å²) in [6, 6.07) is 4.74. The third-order valence-electron chi connectivity index (χ3n) is 3.60. The molecule has 2 nitrogen and oxygen atoms in total. The van der Waals surface area contributed by atoms with Gasteiger partial charge in [-0.15, -0.1) is 0 Å². The van der Waals surface area contributed by atoms with Crippen LogP contribution in [-0.2, 0) is 0 Å². The summed E-state index contributed by atoms with van der Waals surface area (Å²) in [7, 11) is 0. The Hall–Kier alpha value is -0.820. The highest BCUT2D eigenvalue weighted by atomic mass is 79.9. The maximum absolute atomic E-state index is 14.3. The lowest BCUT2D eigenvalue weighted by atomic mass is 9.92. The molecule has 0 spiro atoms. The van der Waals surface area contributed by atoms with Gasteiger partial charge in [0.05, 0.1) is 12.1 Å². The molecule has 0 saturated carbocycles. The van der Waals surface area contributed by atoms with Crippen molar-refractivity contribution in [2.24, 2.45) is 11.5 Å². The first-order chi connectivity index (χ1) is 10.2. The topological polar surface area (TPSA) is 52.0 Å². The molecule has 0 aromatic heterocycles. The summed E-state index contributed by atoms with van der Waals surface area (Å²) in [6.07, 6.45) is 0. The van der Waals surface area contributed by atoms with E-state index in [0.717, 1.165) is 0 Å². The third kappa shape index (κ3) is 3.40. The first-order valence-corrected chi connectivity index (χ1v) is 8.23. The van der Waals surface area contributed by atoms with Gasteiger partial charge in [0.1, 0.15) is 11.6 Å². The van der Waals surface area contributed by atoms with Crippen LogP contribution in [0.25, 0.3) is 0 Å². The van der Waals surface area contributed by atoms with E-state index in [2.05, 4.69) is 31.9 Å². The average molecular weight is 434 g/mol. The summed E-state index contributed by atoms with van der Waals surface area (Å²) in [5.74, 6) is -0.837. The van der Waals surface area contributed by atoms with Crippen LogP contribution in [0, 0.1) is 25.5 Å². The molecule has 0 aliphatic heterocycles. The van der Waals surface area contributed by atoms with Crippen LogP contribution >= 0.6 is 31.9 Å². The van der Waals surface area contributed by atoms with Crippen molar-refractivity contribution in [2.75, 3.05) is 0 Å². The minimum absolute atomic E-state index is 0.261. The van der Waals surface area contributed by atoms with E-state index < -0.39 is 23.7 Å². The summed E-state index contributed by atoms with van der Waals surface area (Å²) in [6.45, 7) is 3.29. The maximum atomic E-state index is 14.3. The molecule has 118 valence electrons. The zero-order chi connectivity index (χ0) is 16.6. The molecule has 4 N–H and O–H groups in total. The lowest BCUT2D eigenvalue weighted by Gasteiger charge is -2.23. The Morgan fingerprint density at radius 2 is 1.09 bits per heavy atom. The molecule has 22 heavy (non-hydrogen) atoms. The molecule has 0 aliphatic carbocycles. The molecule has 0 saturated heterocycles.